The lowest BCUT2D eigenvalue weighted by Crippen LogP contribution is -2.40. The van der Waals surface area contributed by atoms with E-state index in [2.05, 4.69) is 0 Å². The molecule has 1 atom stereocenters. The van der Waals surface area contributed by atoms with Crippen LogP contribution >= 0.6 is 0 Å². The summed E-state index contributed by atoms with van der Waals surface area (Å²) in [5.74, 6) is 0.274. The molecular weight excluding hydrogens is 242 g/mol. The van der Waals surface area contributed by atoms with Crippen molar-refractivity contribution in [3.8, 4) is 0 Å². The minimum absolute atomic E-state index is 0.0519. The number of nitrogens with zero attached hydrogens (tertiary/aromatic N) is 1. The molecule has 1 aromatic rings. The van der Waals surface area contributed by atoms with Crippen LogP contribution in [0.4, 0.5) is 0 Å². The zero-order valence-corrected chi connectivity index (χ0v) is 11.3. The number of aliphatic hydroxyl groups is 1. The van der Waals surface area contributed by atoms with Gasteiger partial charge in [0, 0.05) is 32.4 Å². The highest BCUT2D eigenvalue weighted by Gasteiger charge is 2.23. The number of ether oxygens (including phenoxy) is 1. The van der Waals surface area contributed by atoms with Crippen molar-refractivity contribution in [1.29, 1.82) is 0 Å². The first-order valence-corrected chi connectivity index (χ1v) is 6.72. The quantitative estimate of drug-likeness (QED) is 0.899. The van der Waals surface area contributed by atoms with Crippen LogP contribution in [0.1, 0.15) is 28.8 Å². The molecule has 1 saturated heterocycles. The summed E-state index contributed by atoms with van der Waals surface area (Å²) in [6, 6.07) is 7.56. The van der Waals surface area contributed by atoms with Gasteiger partial charge in [0.2, 0.25) is 0 Å². The fourth-order valence-corrected chi connectivity index (χ4v) is 2.54. The molecule has 1 fully saturated rings. The van der Waals surface area contributed by atoms with E-state index in [0.717, 1.165) is 24.9 Å². The van der Waals surface area contributed by atoms with Gasteiger partial charge in [0.05, 0.1) is 6.61 Å². The monoisotopic (exact) mass is 263 g/mol. The Kier molecular flexibility index (Phi) is 4.93. The van der Waals surface area contributed by atoms with Gasteiger partial charge in [-0.05, 0) is 36.5 Å². The molecule has 4 heteroatoms. The molecule has 0 aromatic heterocycles. The number of carbonyl (C=O) groups is 1. The predicted octanol–water partition coefficient (Wildman–Crippen LogP) is 1.68. The molecule has 1 amide bonds. The van der Waals surface area contributed by atoms with Gasteiger partial charge in [0.15, 0.2) is 0 Å². The maximum absolute atomic E-state index is 12.4. The second-order valence-corrected chi connectivity index (χ2v) is 5.08. The van der Waals surface area contributed by atoms with E-state index in [1.54, 1.807) is 7.11 Å². The smallest absolute Gasteiger partial charge is 0.253 e. The number of benzene rings is 1. The van der Waals surface area contributed by atoms with Crippen LogP contribution in [0.5, 0.6) is 0 Å². The Morgan fingerprint density at radius 1 is 1.53 bits per heavy atom. The zero-order valence-electron chi connectivity index (χ0n) is 11.3. The molecule has 19 heavy (non-hydrogen) atoms. The number of hydrogen-bond donors (Lipinski definition) is 1. The topological polar surface area (TPSA) is 49.8 Å². The van der Waals surface area contributed by atoms with Gasteiger partial charge in [0.1, 0.15) is 0 Å². The number of hydrogen-bond acceptors (Lipinski definition) is 3. The molecular formula is C15H21NO3. The lowest BCUT2D eigenvalue weighted by Gasteiger charge is -2.32. The Balaban J connectivity index is 2.08. The highest BCUT2D eigenvalue weighted by molar-refractivity contribution is 5.94. The number of aliphatic hydroxyl groups excluding tert-OH is 1. The van der Waals surface area contributed by atoms with Crippen LogP contribution in [-0.4, -0.2) is 42.7 Å². The summed E-state index contributed by atoms with van der Waals surface area (Å²) < 4.78 is 5.08. The number of methoxy groups -OCH3 is 1. The summed E-state index contributed by atoms with van der Waals surface area (Å²) in [6.45, 7) is 2.11. The molecule has 1 aliphatic heterocycles. The average Bonchev–Trinajstić information content (AvgIpc) is 2.47. The molecule has 0 saturated carbocycles. The lowest BCUT2D eigenvalue weighted by molar-refractivity contribution is 0.0620. The third-order valence-corrected chi connectivity index (χ3v) is 3.55. The van der Waals surface area contributed by atoms with Gasteiger partial charge >= 0.3 is 0 Å². The van der Waals surface area contributed by atoms with Gasteiger partial charge in [-0.2, -0.15) is 0 Å². The van der Waals surface area contributed by atoms with Crippen molar-refractivity contribution in [1.82, 2.24) is 4.90 Å². The second-order valence-electron chi connectivity index (χ2n) is 5.08. The summed E-state index contributed by atoms with van der Waals surface area (Å²) >= 11 is 0. The fourth-order valence-electron chi connectivity index (χ4n) is 2.54. The predicted molar refractivity (Wildman–Crippen MR) is 72.9 cm³/mol. The van der Waals surface area contributed by atoms with E-state index >= 15 is 0 Å². The number of rotatable bonds is 4. The van der Waals surface area contributed by atoms with Crippen LogP contribution in [0.3, 0.4) is 0 Å². The van der Waals surface area contributed by atoms with Gasteiger partial charge in [0.25, 0.3) is 5.91 Å². The first-order valence-electron chi connectivity index (χ1n) is 6.72. The van der Waals surface area contributed by atoms with Crippen LogP contribution < -0.4 is 0 Å². The van der Waals surface area contributed by atoms with Crippen molar-refractivity contribution in [3.05, 3.63) is 35.4 Å². The number of likely N-dealkylation sites (tertiary alicyclic amines) is 1. The van der Waals surface area contributed by atoms with Crippen molar-refractivity contribution < 1.29 is 14.6 Å². The molecule has 1 heterocycles. The van der Waals surface area contributed by atoms with E-state index in [4.69, 9.17) is 4.74 Å². The number of carbonyl (C=O) groups excluding carboxylic acids is 1. The molecule has 1 aromatic carbocycles. The molecule has 1 aliphatic rings. The molecule has 0 bridgehead atoms. The maximum Gasteiger partial charge on any atom is 0.253 e. The maximum atomic E-state index is 12.4. The summed E-state index contributed by atoms with van der Waals surface area (Å²) in [5, 5.41) is 9.22. The Hall–Kier alpha value is -1.39. The van der Waals surface area contributed by atoms with E-state index in [1.807, 2.05) is 29.2 Å². The Morgan fingerprint density at radius 3 is 3.11 bits per heavy atom. The number of amides is 1. The van der Waals surface area contributed by atoms with Crippen molar-refractivity contribution in [2.45, 2.75) is 19.4 Å². The molecule has 0 aliphatic carbocycles. The molecule has 1 unspecified atom stereocenters. The Bertz CT molecular complexity index is 433. The molecule has 1 N–H and O–H groups in total. The third kappa shape index (κ3) is 3.55. The molecule has 104 valence electrons. The van der Waals surface area contributed by atoms with Crippen LogP contribution in [-0.2, 0) is 11.3 Å². The van der Waals surface area contributed by atoms with Crippen LogP contribution in [0.25, 0.3) is 0 Å². The van der Waals surface area contributed by atoms with Gasteiger partial charge in [-0.3, -0.25) is 4.79 Å². The standard InChI is InChI=1S/C15H21NO3/c1-19-11-12-4-2-6-14(8-12)15(18)16-7-3-5-13(9-16)10-17/h2,4,6,8,13,17H,3,5,7,9-11H2,1H3. The van der Waals surface area contributed by atoms with Crippen molar-refractivity contribution >= 4 is 5.91 Å². The summed E-state index contributed by atoms with van der Waals surface area (Å²) in [6.07, 6.45) is 1.97. The lowest BCUT2D eigenvalue weighted by atomic mass is 9.98. The summed E-state index contributed by atoms with van der Waals surface area (Å²) in [7, 11) is 1.64. The Morgan fingerprint density at radius 2 is 2.37 bits per heavy atom. The zero-order chi connectivity index (χ0) is 13.7. The van der Waals surface area contributed by atoms with Crippen LogP contribution in [0, 0.1) is 5.92 Å². The van der Waals surface area contributed by atoms with E-state index in [9.17, 15) is 9.90 Å². The number of piperidine rings is 1. The van der Waals surface area contributed by atoms with Crippen molar-refractivity contribution in [2.75, 3.05) is 26.8 Å². The first-order chi connectivity index (χ1) is 9.24. The fraction of sp³-hybridized carbons (Fsp3) is 0.533. The minimum atomic E-state index is 0.0519. The largest absolute Gasteiger partial charge is 0.396 e. The average molecular weight is 263 g/mol. The van der Waals surface area contributed by atoms with E-state index in [0.29, 0.717) is 18.7 Å². The second kappa shape index (κ2) is 6.68. The Labute approximate surface area is 114 Å². The summed E-state index contributed by atoms with van der Waals surface area (Å²) in [4.78, 5) is 14.3. The molecule has 4 nitrogen and oxygen atoms in total. The van der Waals surface area contributed by atoms with Crippen molar-refractivity contribution in [3.63, 3.8) is 0 Å². The van der Waals surface area contributed by atoms with E-state index < -0.39 is 0 Å². The summed E-state index contributed by atoms with van der Waals surface area (Å²) in [5.41, 5.74) is 1.71. The highest BCUT2D eigenvalue weighted by Crippen LogP contribution is 2.18. The molecule has 0 radical (unpaired) electrons. The minimum Gasteiger partial charge on any atom is -0.396 e. The molecule has 0 spiro atoms. The van der Waals surface area contributed by atoms with Gasteiger partial charge in [-0.25, -0.2) is 0 Å². The first kappa shape index (κ1) is 14.0. The van der Waals surface area contributed by atoms with Gasteiger partial charge in [-0.1, -0.05) is 12.1 Å². The van der Waals surface area contributed by atoms with Gasteiger partial charge < -0.3 is 14.7 Å². The van der Waals surface area contributed by atoms with Gasteiger partial charge in [-0.15, -0.1) is 0 Å². The van der Waals surface area contributed by atoms with E-state index in [1.165, 1.54) is 0 Å². The van der Waals surface area contributed by atoms with Crippen molar-refractivity contribution in [2.24, 2.45) is 5.92 Å². The van der Waals surface area contributed by atoms with Crippen LogP contribution in [0.15, 0.2) is 24.3 Å². The molecule has 2 rings (SSSR count). The van der Waals surface area contributed by atoms with E-state index in [-0.39, 0.29) is 18.4 Å². The SMILES string of the molecule is COCc1cccc(C(=O)N2CCCC(CO)C2)c1. The third-order valence-electron chi connectivity index (χ3n) is 3.55. The van der Waals surface area contributed by atoms with Crippen LogP contribution in [0.2, 0.25) is 0 Å². The highest BCUT2D eigenvalue weighted by atomic mass is 16.5. The normalized spacial score (nSPS) is 19.5.